The van der Waals surface area contributed by atoms with Crippen LogP contribution in [0.5, 0.6) is 0 Å². The van der Waals surface area contributed by atoms with Gasteiger partial charge in [0.15, 0.2) is 0 Å². The van der Waals surface area contributed by atoms with Crippen LogP contribution in [-0.4, -0.2) is 9.78 Å². The summed E-state index contributed by atoms with van der Waals surface area (Å²) in [6.45, 7) is 6.96. The molecule has 0 amide bonds. The van der Waals surface area contributed by atoms with Crippen molar-refractivity contribution in [3.05, 3.63) is 16.9 Å². The van der Waals surface area contributed by atoms with E-state index in [0.29, 0.717) is 11.3 Å². The zero-order valence-corrected chi connectivity index (χ0v) is 13.5. The van der Waals surface area contributed by atoms with Gasteiger partial charge in [0.25, 0.3) is 0 Å². The van der Waals surface area contributed by atoms with Gasteiger partial charge in [-0.3, -0.25) is 4.68 Å². The Morgan fingerprint density at radius 2 is 2.26 bits per heavy atom. The molecule has 1 saturated carbocycles. The molecule has 1 aromatic heterocycles. The second kappa shape index (κ2) is 5.66. The highest BCUT2D eigenvalue weighted by atomic mass is 79.9. The average molecular weight is 324 g/mol. The molecule has 3 unspecified atom stereocenters. The summed E-state index contributed by atoms with van der Waals surface area (Å²) in [5.41, 5.74) is 0.350. The number of hydrogen-bond acceptors (Lipinski definition) is 2. The van der Waals surface area contributed by atoms with Crippen LogP contribution in [-0.2, 0) is 0 Å². The van der Waals surface area contributed by atoms with Crippen molar-refractivity contribution in [2.75, 3.05) is 0 Å². The Morgan fingerprint density at radius 3 is 2.79 bits per heavy atom. The highest BCUT2D eigenvalue weighted by Crippen LogP contribution is 2.46. The molecule has 3 atom stereocenters. The molecular weight excluding hydrogens is 302 g/mol. The third kappa shape index (κ3) is 3.02. The second-order valence-corrected chi connectivity index (χ2v) is 7.21. The minimum Gasteiger partial charge on any atom is -0.267 e. The fourth-order valence-corrected chi connectivity index (χ4v) is 3.39. The van der Waals surface area contributed by atoms with E-state index in [2.05, 4.69) is 47.9 Å². The molecule has 0 aromatic carbocycles. The van der Waals surface area contributed by atoms with Crippen molar-refractivity contribution in [1.29, 1.82) is 5.26 Å². The Balaban J connectivity index is 2.21. The van der Waals surface area contributed by atoms with Crippen molar-refractivity contribution in [2.24, 2.45) is 17.3 Å². The zero-order valence-electron chi connectivity index (χ0n) is 11.9. The number of aromatic nitrogens is 2. The monoisotopic (exact) mass is 323 g/mol. The molecule has 0 spiro atoms. The minimum atomic E-state index is 0.0932. The van der Waals surface area contributed by atoms with E-state index in [1.54, 1.807) is 0 Å². The van der Waals surface area contributed by atoms with Gasteiger partial charge in [-0.25, -0.2) is 0 Å². The number of nitriles is 1. The van der Waals surface area contributed by atoms with Gasteiger partial charge in [0, 0.05) is 6.20 Å². The van der Waals surface area contributed by atoms with E-state index < -0.39 is 0 Å². The number of hydrogen-bond donors (Lipinski definition) is 0. The molecule has 4 heteroatoms. The zero-order chi connectivity index (χ0) is 14.0. The number of rotatable bonds is 3. The molecular formula is C15H22BrN3. The molecule has 0 aliphatic heterocycles. The van der Waals surface area contributed by atoms with Crippen LogP contribution in [0.4, 0.5) is 0 Å². The van der Waals surface area contributed by atoms with Crippen molar-refractivity contribution in [1.82, 2.24) is 9.78 Å². The maximum Gasteiger partial charge on any atom is 0.0688 e. The van der Waals surface area contributed by atoms with E-state index in [1.807, 2.05) is 17.1 Å². The highest BCUT2D eigenvalue weighted by molar-refractivity contribution is 9.10. The Morgan fingerprint density at radius 1 is 1.53 bits per heavy atom. The van der Waals surface area contributed by atoms with Gasteiger partial charge in [0.05, 0.1) is 28.7 Å². The van der Waals surface area contributed by atoms with Gasteiger partial charge in [0.2, 0.25) is 0 Å². The fraction of sp³-hybridized carbons (Fsp3) is 0.733. The highest BCUT2D eigenvalue weighted by Gasteiger charge is 2.38. The molecule has 0 N–H and O–H groups in total. The van der Waals surface area contributed by atoms with Crippen LogP contribution in [0.15, 0.2) is 16.9 Å². The summed E-state index contributed by atoms with van der Waals surface area (Å²) < 4.78 is 2.97. The van der Waals surface area contributed by atoms with Gasteiger partial charge in [-0.15, -0.1) is 0 Å². The quantitative estimate of drug-likeness (QED) is 0.818. The van der Waals surface area contributed by atoms with Gasteiger partial charge in [-0.1, -0.05) is 27.2 Å². The van der Waals surface area contributed by atoms with E-state index in [4.69, 9.17) is 0 Å². The van der Waals surface area contributed by atoms with Crippen LogP contribution in [0.2, 0.25) is 0 Å². The SMILES string of the molecule is CCC(C)(C)C1CCC(C#N)C(n2cc(Br)cn2)C1. The lowest BCUT2D eigenvalue weighted by Gasteiger charge is -2.41. The third-order valence-electron chi connectivity index (χ3n) is 4.91. The molecule has 2 rings (SSSR count). The predicted octanol–water partition coefficient (Wildman–Crippen LogP) is 4.56. The van der Waals surface area contributed by atoms with E-state index in [0.717, 1.165) is 23.7 Å². The summed E-state index contributed by atoms with van der Waals surface area (Å²) in [7, 11) is 0. The lowest BCUT2D eigenvalue weighted by atomic mass is 9.66. The van der Waals surface area contributed by atoms with E-state index in [9.17, 15) is 5.26 Å². The van der Waals surface area contributed by atoms with Crippen LogP contribution < -0.4 is 0 Å². The van der Waals surface area contributed by atoms with Gasteiger partial charge in [-0.2, -0.15) is 10.4 Å². The van der Waals surface area contributed by atoms with Gasteiger partial charge in [0.1, 0.15) is 0 Å². The summed E-state index contributed by atoms with van der Waals surface area (Å²) in [6.07, 6.45) is 8.21. The number of halogens is 1. The molecule has 0 bridgehead atoms. The Bertz CT molecular complexity index is 472. The summed E-state index contributed by atoms with van der Waals surface area (Å²) in [4.78, 5) is 0. The fourth-order valence-electron chi connectivity index (χ4n) is 3.08. The summed E-state index contributed by atoms with van der Waals surface area (Å²) in [5.74, 6) is 0.769. The van der Waals surface area contributed by atoms with E-state index in [1.165, 1.54) is 6.42 Å². The first-order valence-corrected chi connectivity index (χ1v) is 7.86. The molecule has 3 nitrogen and oxygen atoms in total. The molecule has 1 aliphatic carbocycles. The molecule has 0 saturated heterocycles. The lowest BCUT2D eigenvalue weighted by molar-refractivity contribution is 0.0992. The molecule has 104 valence electrons. The maximum atomic E-state index is 9.37. The van der Waals surface area contributed by atoms with Crippen molar-refractivity contribution in [3.63, 3.8) is 0 Å². The Labute approximate surface area is 124 Å². The normalized spacial score (nSPS) is 28.1. The van der Waals surface area contributed by atoms with E-state index in [-0.39, 0.29) is 12.0 Å². The van der Waals surface area contributed by atoms with Crippen LogP contribution in [0, 0.1) is 28.6 Å². The van der Waals surface area contributed by atoms with Crippen LogP contribution in [0.3, 0.4) is 0 Å². The van der Waals surface area contributed by atoms with Crippen molar-refractivity contribution in [2.45, 2.75) is 52.5 Å². The molecule has 1 aromatic rings. The van der Waals surface area contributed by atoms with Crippen LogP contribution in [0.25, 0.3) is 0 Å². The smallest absolute Gasteiger partial charge is 0.0688 e. The largest absolute Gasteiger partial charge is 0.267 e. The summed E-state index contributed by atoms with van der Waals surface area (Å²) in [6, 6.07) is 2.70. The Kier molecular flexibility index (Phi) is 4.35. The second-order valence-electron chi connectivity index (χ2n) is 6.29. The van der Waals surface area contributed by atoms with Crippen molar-refractivity contribution >= 4 is 15.9 Å². The van der Waals surface area contributed by atoms with Crippen LogP contribution >= 0.6 is 15.9 Å². The molecule has 19 heavy (non-hydrogen) atoms. The topological polar surface area (TPSA) is 41.6 Å². The lowest BCUT2D eigenvalue weighted by Crippen LogP contribution is -2.34. The standard InChI is InChI=1S/C15H22BrN3/c1-4-15(2,3)12-6-5-11(8-17)14(7-12)19-10-13(16)9-18-19/h9-12,14H,4-7H2,1-3H3. The molecule has 0 radical (unpaired) electrons. The van der Waals surface area contributed by atoms with Gasteiger partial charge in [-0.05, 0) is 46.5 Å². The molecule has 1 heterocycles. The van der Waals surface area contributed by atoms with Crippen LogP contribution in [0.1, 0.15) is 52.5 Å². The predicted molar refractivity (Wildman–Crippen MR) is 79.5 cm³/mol. The molecule has 1 fully saturated rings. The maximum absolute atomic E-state index is 9.37. The first kappa shape index (κ1) is 14.6. The van der Waals surface area contributed by atoms with Gasteiger partial charge < -0.3 is 0 Å². The summed E-state index contributed by atoms with van der Waals surface area (Å²) in [5, 5.41) is 13.8. The van der Waals surface area contributed by atoms with Gasteiger partial charge >= 0.3 is 0 Å². The van der Waals surface area contributed by atoms with E-state index >= 15 is 0 Å². The van der Waals surface area contributed by atoms with Crippen molar-refractivity contribution < 1.29 is 0 Å². The third-order valence-corrected chi connectivity index (χ3v) is 5.32. The average Bonchev–Trinajstić information content (AvgIpc) is 2.84. The van der Waals surface area contributed by atoms with Crippen molar-refractivity contribution in [3.8, 4) is 6.07 Å². The minimum absolute atomic E-state index is 0.0932. The summed E-state index contributed by atoms with van der Waals surface area (Å²) >= 11 is 3.44. The first-order chi connectivity index (χ1) is 8.97. The number of nitrogens with zero attached hydrogens (tertiary/aromatic N) is 3. The first-order valence-electron chi connectivity index (χ1n) is 7.07. The Hall–Kier alpha value is -0.820. The molecule has 1 aliphatic rings.